The van der Waals surface area contributed by atoms with Crippen LogP contribution in [0.4, 0.5) is 5.69 Å². The number of aldehydes is 1. The molecule has 170 valence electrons. The van der Waals surface area contributed by atoms with Crippen molar-refractivity contribution in [3.63, 3.8) is 0 Å². The number of anilines is 1. The molecular weight excluding hydrogens is 585 g/mol. The number of aromatic nitrogens is 3. The average molecular weight is 606 g/mol. The lowest BCUT2D eigenvalue weighted by Crippen LogP contribution is -2.30. The Morgan fingerprint density at radius 2 is 2.00 bits per heavy atom. The number of carbonyl (C=O) groups excluding carboxylic acids is 2. The molecule has 2 aromatic heterocycles. The summed E-state index contributed by atoms with van der Waals surface area (Å²) in [5, 5.41) is 4.97. The fraction of sp³-hybridized carbons (Fsp3) is 0.238. The van der Waals surface area contributed by atoms with Crippen molar-refractivity contribution in [1.82, 2.24) is 14.8 Å². The number of rotatable bonds is 6. The first kappa shape index (κ1) is 26.5. The zero-order valence-corrected chi connectivity index (χ0v) is 22.0. The summed E-state index contributed by atoms with van der Waals surface area (Å²) in [5.74, 6) is -0.103. The second kappa shape index (κ2) is 12.5. The first-order chi connectivity index (χ1) is 15.2. The maximum absolute atomic E-state index is 13.2. The third-order valence-electron chi connectivity index (χ3n) is 4.22. The third kappa shape index (κ3) is 6.39. The number of carbonyl (C=O) groups is 2. The molecule has 2 heterocycles. The SMILES string of the molecule is CCCCN.CN(C(=O)c1cc(Br)nn1-c1ncccc1Cl)c1c(Br)cc(Cl)cc1C=O. The summed E-state index contributed by atoms with van der Waals surface area (Å²) in [6.07, 6.45) is 4.57. The number of benzene rings is 1. The number of unbranched alkanes of at least 4 members (excludes halogenated alkanes) is 1. The molecular formula is C21H21Br2Cl2N5O2. The largest absolute Gasteiger partial charge is 0.330 e. The minimum atomic E-state index is -0.416. The van der Waals surface area contributed by atoms with E-state index in [1.54, 1.807) is 37.5 Å². The van der Waals surface area contributed by atoms with Crippen LogP contribution >= 0.6 is 55.1 Å². The van der Waals surface area contributed by atoms with Crippen LogP contribution in [0.3, 0.4) is 0 Å². The van der Waals surface area contributed by atoms with Crippen LogP contribution in [0.5, 0.6) is 0 Å². The fourth-order valence-electron chi connectivity index (χ4n) is 2.71. The first-order valence-electron chi connectivity index (χ1n) is 9.53. The zero-order chi connectivity index (χ0) is 23.8. The molecule has 0 unspecified atom stereocenters. The van der Waals surface area contributed by atoms with Gasteiger partial charge in [-0.2, -0.15) is 5.10 Å². The average Bonchev–Trinajstić information content (AvgIpc) is 3.14. The smallest absolute Gasteiger partial charge is 0.276 e. The van der Waals surface area contributed by atoms with Gasteiger partial charge in [-0.15, -0.1) is 0 Å². The van der Waals surface area contributed by atoms with Crippen LogP contribution in [0.15, 0.2) is 45.6 Å². The molecule has 0 aliphatic heterocycles. The predicted molar refractivity (Wildman–Crippen MR) is 135 cm³/mol. The number of nitrogens with two attached hydrogens (primary N) is 1. The van der Waals surface area contributed by atoms with Crippen molar-refractivity contribution in [1.29, 1.82) is 0 Å². The van der Waals surface area contributed by atoms with Gasteiger partial charge in [0.05, 0.1) is 10.7 Å². The molecule has 3 rings (SSSR count). The van der Waals surface area contributed by atoms with Gasteiger partial charge in [0.1, 0.15) is 10.3 Å². The Kier molecular flexibility index (Phi) is 10.3. The Labute approximate surface area is 213 Å². The molecule has 1 aromatic carbocycles. The van der Waals surface area contributed by atoms with E-state index in [0.29, 0.717) is 36.9 Å². The highest BCUT2D eigenvalue weighted by Crippen LogP contribution is 2.33. The molecule has 0 fully saturated rings. The molecule has 0 aliphatic rings. The lowest BCUT2D eigenvalue weighted by molar-refractivity contribution is 0.0985. The van der Waals surface area contributed by atoms with Crippen LogP contribution in [0.25, 0.3) is 5.82 Å². The molecule has 0 radical (unpaired) electrons. The summed E-state index contributed by atoms with van der Waals surface area (Å²) in [6, 6.07) is 7.98. The van der Waals surface area contributed by atoms with E-state index in [1.807, 2.05) is 0 Å². The van der Waals surface area contributed by atoms with Crippen molar-refractivity contribution in [2.75, 3.05) is 18.5 Å². The molecule has 32 heavy (non-hydrogen) atoms. The standard InChI is InChI=1S/C17H10Br2Cl2N4O2.C4H11N/c1-24(15-9(8-26)5-10(20)6-11(15)18)17(27)13-7-14(19)23-25(13)16-12(21)3-2-4-22-16;1-2-3-4-5/h2-8H,1H3;2-5H2,1H3. The molecule has 0 atom stereocenters. The van der Waals surface area contributed by atoms with Gasteiger partial charge in [-0.1, -0.05) is 36.5 Å². The molecule has 1 amide bonds. The van der Waals surface area contributed by atoms with E-state index in [2.05, 4.69) is 48.9 Å². The summed E-state index contributed by atoms with van der Waals surface area (Å²) in [4.78, 5) is 30.2. The number of amides is 1. The van der Waals surface area contributed by atoms with E-state index < -0.39 is 5.91 Å². The molecule has 0 saturated carbocycles. The lowest BCUT2D eigenvalue weighted by atomic mass is 10.1. The number of hydrogen-bond donors (Lipinski definition) is 1. The Morgan fingerprint density at radius 1 is 1.28 bits per heavy atom. The van der Waals surface area contributed by atoms with Crippen molar-refractivity contribution in [3.8, 4) is 5.82 Å². The van der Waals surface area contributed by atoms with Crippen LogP contribution in [-0.4, -0.2) is 40.6 Å². The van der Waals surface area contributed by atoms with Gasteiger partial charge in [-0.25, -0.2) is 9.67 Å². The third-order valence-corrected chi connectivity index (χ3v) is 5.73. The van der Waals surface area contributed by atoms with Crippen LogP contribution in [0, 0.1) is 0 Å². The number of halogens is 4. The second-order valence-corrected chi connectivity index (χ2v) is 9.03. The summed E-state index contributed by atoms with van der Waals surface area (Å²) < 4.78 is 2.29. The van der Waals surface area contributed by atoms with Gasteiger partial charge in [0, 0.05) is 34.4 Å². The Balaban J connectivity index is 0.000000654. The molecule has 2 N–H and O–H groups in total. The molecule has 0 spiro atoms. The predicted octanol–water partition coefficient (Wildman–Crippen LogP) is 5.93. The zero-order valence-electron chi connectivity index (χ0n) is 17.4. The summed E-state index contributed by atoms with van der Waals surface area (Å²) in [6.45, 7) is 2.98. The van der Waals surface area contributed by atoms with Gasteiger partial charge in [0.25, 0.3) is 5.91 Å². The molecule has 3 aromatic rings. The van der Waals surface area contributed by atoms with Gasteiger partial charge in [-0.3, -0.25) is 9.59 Å². The van der Waals surface area contributed by atoms with E-state index in [-0.39, 0.29) is 11.3 Å². The summed E-state index contributed by atoms with van der Waals surface area (Å²) in [7, 11) is 1.55. The van der Waals surface area contributed by atoms with Crippen molar-refractivity contribution < 1.29 is 9.59 Å². The van der Waals surface area contributed by atoms with Crippen LogP contribution < -0.4 is 10.6 Å². The Hall–Kier alpha value is -1.78. The second-order valence-electron chi connectivity index (χ2n) is 6.52. The van der Waals surface area contributed by atoms with Gasteiger partial charge < -0.3 is 10.6 Å². The van der Waals surface area contributed by atoms with Gasteiger partial charge in [-0.05, 0) is 69.1 Å². The molecule has 0 aliphatic carbocycles. The van der Waals surface area contributed by atoms with Crippen molar-refractivity contribution in [2.24, 2.45) is 5.73 Å². The van der Waals surface area contributed by atoms with Crippen LogP contribution in [0.2, 0.25) is 10.0 Å². The van der Waals surface area contributed by atoms with Crippen molar-refractivity contribution in [3.05, 3.63) is 66.9 Å². The minimum Gasteiger partial charge on any atom is -0.330 e. The van der Waals surface area contributed by atoms with Gasteiger partial charge >= 0.3 is 0 Å². The van der Waals surface area contributed by atoms with E-state index in [9.17, 15) is 9.59 Å². The Morgan fingerprint density at radius 3 is 2.56 bits per heavy atom. The highest BCUT2D eigenvalue weighted by molar-refractivity contribution is 9.10. The van der Waals surface area contributed by atoms with Gasteiger partial charge in [0.15, 0.2) is 12.1 Å². The highest BCUT2D eigenvalue weighted by atomic mass is 79.9. The quantitative estimate of drug-likeness (QED) is 0.351. The number of hydrogen-bond acceptors (Lipinski definition) is 5. The Bertz CT molecular complexity index is 1110. The fourth-order valence-corrected chi connectivity index (χ4v) is 4.38. The number of nitrogens with zero attached hydrogens (tertiary/aromatic N) is 4. The van der Waals surface area contributed by atoms with Crippen molar-refractivity contribution >= 4 is 72.9 Å². The van der Waals surface area contributed by atoms with E-state index in [1.165, 1.54) is 28.5 Å². The lowest BCUT2D eigenvalue weighted by Gasteiger charge is -2.21. The minimum absolute atomic E-state index is 0.212. The maximum atomic E-state index is 13.2. The molecule has 11 heteroatoms. The van der Waals surface area contributed by atoms with E-state index in [0.717, 1.165) is 6.54 Å². The highest BCUT2D eigenvalue weighted by Gasteiger charge is 2.25. The van der Waals surface area contributed by atoms with Crippen molar-refractivity contribution in [2.45, 2.75) is 19.8 Å². The molecule has 0 saturated heterocycles. The van der Waals surface area contributed by atoms with Gasteiger partial charge in [0.2, 0.25) is 0 Å². The maximum Gasteiger partial charge on any atom is 0.276 e. The normalized spacial score (nSPS) is 10.3. The van der Waals surface area contributed by atoms with Crippen LogP contribution in [0.1, 0.15) is 40.6 Å². The van der Waals surface area contributed by atoms with Crippen LogP contribution in [-0.2, 0) is 0 Å². The van der Waals surface area contributed by atoms with E-state index >= 15 is 0 Å². The summed E-state index contributed by atoms with van der Waals surface area (Å²) in [5.41, 5.74) is 6.01. The first-order valence-corrected chi connectivity index (χ1v) is 11.9. The topological polar surface area (TPSA) is 94.1 Å². The molecule has 0 bridgehead atoms. The molecule has 7 nitrogen and oxygen atoms in total. The monoisotopic (exact) mass is 603 g/mol. The summed E-state index contributed by atoms with van der Waals surface area (Å²) >= 11 is 18.8. The van der Waals surface area contributed by atoms with E-state index in [4.69, 9.17) is 28.9 Å². The number of pyridine rings is 1.